The second kappa shape index (κ2) is 8.99. The molecule has 1 aliphatic rings. The van der Waals surface area contributed by atoms with Gasteiger partial charge in [-0.3, -0.25) is 0 Å². The normalized spacial score (nSPS) is 25.4. The number of carbonyl (C=O) groups is 1. The average Bonchev–Trinajstić information content (AvgIpc) is 2.40. The Kier molecular flexibility index (Phi) is 8.00. The molecule has 6 heteroatoms. The van der Waals surface area contributed by atoms with Gasteiger partial charge in [0.2, 0.25) is 0 Å². The van der Waals surface area contributed by atoms with Gasteiger partial charge < -0.3 is 20.5 Å². The van der Waals surface area contributed by atoms with Gasteiger partial charge in [-0.15, -0.1) is 0 Å². The molecule has 0 aliphatic heterocycles. The van der Waals surface area contributed by atoms with Crippen molar-refractivity contribution >= 4 is 17.9 Å². The van der Waals surface area contributed by atoms with Crippen molar-refractivity contribution in [1.29, 1.82) is 0 Å². The molecule has 2 unspecified atom stereocenters. The van der Waals surface area contributed by atoms with Crippen LogP contribution >= 0.6 is 11.8 Å². The van der Waals surface area contributed by atoms with Crippen LogP contribution in [0.2, 0.25) is 0 Å². The molecule has 0 aromatic rings. The number of carbonyl (C=O) groups excluding carboxylic acids is 1. The zero-order valence-electron chi connectivity index (χ0n) is 14.5. The van der Waals surface area contributed by atoms with Crippen LogP contribution in [0.4, 0.5) is 4.79 Å². The number of nitrogens with one attached hydrogen (secondary N) is 2. The third-order valence-corrected chi connectivity index (χ3v) is 5.15. The minimum Gasteiger partial charge on any atom is -0.444 e. The highest BCUT2D eigenvalue weighted by atomic mass is 32.2. The van der Waals surface area contributed by atoms with Gasteiger partial charge >= 0.3 is 6.09 Å². The molecule has 1 aliphatic carbocycles. The molecule has 0 radical (unpaired) electrons. The number of ether oxygens (including phenoxy) is 1. The molecule has 5 nitrogen and oxygen atoms in total. The molecule has 1 saturated carbocycles. The molecule has 1 fully saturated rings. The van der Waals surface area contributed by atoms with E-state index >= 15 is 0 Å². The Labute approximate surface area is 138 Å². The van der Waals surface area contributed by atoms with Gasteiger partial charge in [0.25, 0.3) is 0 Å². The second-order valence-corrected chi connectivity index (χ2v) is 8.18. The zero-order valence-corrected chi connectivity index (χ0v) is 15.3. The Bertz CT molecular complexity index is 335. The van der Waals surface area contributed by atoms with Crippen LogP contribution in [0.25, 0.3) is 0 Å². The Morgan fingerprint density at radius 3 is 2.27 bits per heavy atom. The lowest BCUT2D eigenvalue weighted by Gasteiger charge is -2.33. The van der Waals surface area contributed by atoms with Crippen LogP contribution in [-0.2, 0) is 4.74 Å². The van der Waals surface area contributed by atoms with Gasteiger partial charge in [-0.05, 0) is 59.6 Å². The summed E-state index contributed by atoms with van der Waals surface area (Å²) in [7, 11) is 0. The first-order valence-corrected chi connectivity index (χ1v) is 9.43. The molecular formula is C16H32N2O3S. The van der Waals surface area contributed by atoms with Crippen molar-refractivity contribution < 1.29 is 14.6 Å². The molecule has 0 heterocycles. The molecule has 2 atom stereocenters. The molecule has 1 rings (SSSR count). The van der Waals surface area contributed by atoms with Crippen LogP contribution in [0, 0.1) is 0 Å². The van der Waals surface area contributed by atoms with E-state index in [1.807, 2.05) is 27.0 Å². The molecule has 1 amide bonds. The second-order valence-electron chi connectivity index (χ2n) is 7.11. The highest BCUT2D eigenvalue weighted by molar-refractivity contribution is 7.99. The smallest absolute Gasteiger partial charge is 0.407 e. The molecule has 0 saturated heterocycles. The van der Waals surface area contributed by atoms with E-state index < -0.39 is 5.60 Å². The van der Waals surface area contributed by atoms with Gasteiger partial charge in [0.05, 0.1) is 6.61 Å². The van der Waals surface area contributed by atoms with Crippen LogP contribution in [0.5, 0.6) is 0 Å². The van der Waals surface area contributed by atoms with Gasteiger partial charge in [0, 0.05) is 23.4 Å². The van der Waals surface area contributed by atoms with Crippen molar-refractivity contribution in [2.24, 2.45) is 0 Å². The van der Waals surface area contributed by atoms with E-state index in [1.165, 1.54) is 0 Å². The fraction of sp³-hybridized carbons (Fsp3) is 0.938. The van der Waals surface area contributed by atoms with Crippen LogP contribution in [0.15, 0.2) is 0 Å². The molecule has 0 bridgehead atoms. The number of hydrogen-bond acceptors (Lipinski definition) is 5. The number of alkyl carbamates (subject to hydrolysis) is 1. The number of amides is 1. The maximum Gasteiger partial charge on any atom is 0.407 e. The van der Waals surface area contributed by atoms with E-state index in [0.717, 1.165) is 25.7 Å². The molecule has 3 N–H and O–H groups in total. The van der Waals surface area contributed by atoms with Gasteiger partial charge in [-0.2, -0.15) is 11.8 Å². The summed E-state index contributed by atoms with van der Waals surface area (Å²) in [5, 5.41) is 16.1. The first-order chi connectivity index (χ1) is 10.2. The molecule has 0 aromatic carbocycles. The minimum absolute atomic E-state index is 0.199. The Morgan fingerprint density at radius 2 is 1.82 bits per heavy atom. The van der Waals surface area contributed by atoms with Crippen LogP contribution in [0.1, 0.15) is 53.4 Å². The van der Waals surface area contributed by atoms with Crippen LogP contribution < -0.4 is 10.6 Å². The van der Waals surface area contributed by atoms with Crippen molar-refractivity contribution in [3.8, 4) is 0 Å². The third-order valence-electron chi connectivity index (χ3n) is 3.99. The highest BCUT2D eigenvalue weighted by Crippen LogP contribution is 2.21. The lowest BCUT2D eigenvalue weighted by molar-refractivity contribution is 0.0489. The third kappa shape index (κ3) is 7.20. The van der Waals surface area contributed by atoms with E-state index in [0.29, 0.717) is 12.1 Å². The number of aliphatic hydroxyl groups is 1. The van der Waals surface area contributed by atoms with E-state index in [1.54, 1.807) is 11.8 Å². The molecule has 130 valence electrons. The summed E-state index contributed by atoms with van der Waals surface area (Å²) in [6.07, 6.45) is 5.72. The zero-order chi connectivity index (χ0) is 16.8. The van der Waals surface area contributed by atoms with Crippen molar-refractivity contribution in [1.82, 2.24) is 10.6 Å². The fourth-order valence-corrected chi connectivity index (χ4v) is 3.43. The highest BCUT2D eigenvalue weighted by Gasteiger charge is 2.26. The largest absolute Gasteiger partial charge is 0.444 e. The first-order valence-electron chi connectivity index (χ1n) is 8.14. The van der Waals surface area contributed by atoms with E-state index in [-0.39, 0.29) is 24.0 Å². The van der Waals surface area contributed by atoms with Gasteiger partial charge in [0.1, 0.15) is 5.60 Å². The van der Waals surface area contributed by atoms with Gasteiger partial charge in [0.15, 0.2) is 0 Å². The predicted octanol–water partition coefficient (Wildman–Crippen LogP) is 2.52. The summed E-state index contributed by atoms with van der Waals surface area (Å²) in [5.41, 5.74) is -0.449. The summed E-state index contributed by atoms with van der Waals surface area (Å²) in [6.45, 7) is 7.95. The topological polar surface area (TPSA) is 70.6 Å². The van der Waals surface area contributed by atoms with Crippen molar-refractivity contribution in [3.63, 3.8) is 0 Å². The minimum atomic E-state index is -0.449. The maximum atomic E-state index is 11.8. The first kappa shape index (κ1) is 19.6. The lowest BCUT2D eigenvalue weighted by Crippen LogP contribution is -2.48. The Balaban J connectivity index is 2.30. The van der Waals surface area contributed by atoms with Crippen molar-refractivity contribution in [2.45, 2.75) is 82.4 Å². The molecule has 22 heavy (non-hydrogen) atoms. The van der Waals surface area contributed by atoms with E-state index in [4.69, 9.17) is 4.74 Å². The summed E-state index contributed by atoms with van der Waals surface area (Å²) >= 11 is 1.69. The van der Waals surface area contributed by atoms with Gasteiger partial charge in [-0.25, -0.2) is 4.79 Å². The average molecular weight is 333 g/mol. The Hall–Kier alpha value is -0.460. The van der Waals surface area contributed by atoms with Crippen LogP contribution in [-0.4, -0.2) is 53.0 Å². The number of thioether (sulfide) groups is 1. The summed E-state index contributed by atoms with van der Waals surface area (Å²) in [4.78, 5) is 11.8. The standard InChI is InChI=1S/C16H32N2O3S/c1-11(14(10-19)22-5)17-12-6-8-13(9-7-12)18-15(20)21-16(2,3)4/h11-14,17,19H,6-10H2,1-5H3,(H,18,20). The van der Waals surface area contributed by atoms with Gasteiger partial charge in [-0.1, -0.05) is 0 Å². The maximum absolute atomic E-state index is 11.8. The van der Waals surface area contributed by atoms with Crippen molar-refractivity contribution in [3.05, 3.63) is 0 Å². The van der Waals surface area contributed by atoms with E-state index in [9.17, 15) is 9.90 Å². The fourth-order valence-electron chi connectivity index (χ4n) is 2.79. The quantitative estimate of drug-likeness (QED) is 0.697. The van der Waals surface area contributed by atoms with Crippen LogP contribution in [0.3, 0.4) is 0 Å². The molecular weight excluding hydrogens is 300 g/mol. The predicted molar refractivity (Wildman–Crippen MR) is 92.4 cm³/mol. The Morgan fingerprint density at radius 1 is 1.27 bits per heavy atom. The molecule has 0 aromatic heterocycles. The monoisotopic (exact) mass is 332 g/mol. The van der Waals surface area contributed by atoms with Crippen molar-refractivity contribution in [2.75, 3.05) is 12.9 Å². The molecule has 0 spiro atoms. The SMILES string of the molecule is CSC(CO)C(C)NC1CCC(NC(=O)OC(C)(C)C)CC1. The number of aliphatic hydroxyl groups excluding tert-OH is 1. The number of rotatable bonds is 6. The number of hydrogen-bond donors (Lipinski definition) is 3. The van der Waals surface area contributed by atoms with E-state index in [2.05, 4.69) is 17.6 Å². The lowest BCUT2D eigenvalue weighted by atomic mass is 9.90. The summed E-state index contributed by atoms with van der Waals surface area (Å²) in [6, 6.07) is 0.964. The summed E-state index contributed by atoms with van der Waals surface area (Å²) in [5.74, 6) is 0. The summed E-state index contributed by atoms with van der Waals surface area (Å²) < 4.78 is 5.30.